The number of Topliss-reactive ketones (excluding diaryl/α,β-unsaturated/α-hetero) is 1. The van der Waals surface area contributed by atoms with Crippen molar-refractivity contribution < 1.29 is 69.1 Å². The van der Waals surface area contributed by atoms with Crippen LogP contribution in [-0.2, 0) is 14.9 Å². The molecule has 0 aromatic rings. The fraction of sp³-hybridized carbons (Fsp3) is 0.900. The number of fused-ring (bicyclic) bond motifs is 2. The molecule has 2 aliphatic carbocycles. The Kier molecular flexibility index (Phi) is 4.20. The summed E-state index contributed by atoms with van der Waals surface area (Å²) in [6, 6.07) is 0. The van der Waals surface area contributed by atoms with Crippen LogP contribution in [0.4, 0.5) is 0 Å². The summed E-state index contributed by atoms with van der Waals surface area (Å²) in [5, 5.41) is 0. The smallest absolute Gasteiger partial charge is 0.748 e. The summed E-state index contributed by atoms with van der Waals surface area (Å²) >= 11 is 0. The first-order valence-corrected chi connectivity index (χ1v) is 6.74. The Balaban J connectivity index is 0.00000128. The van der Waals surface area contributed by atoms with Gasteiger partial charge in [-0.25, -0.2) is 8.42 Å². The molecule has 1 unspecified atom stereocenters. The van der Waals surface area contributed by atoms with Crippen molar-refractivity contribution in [3.8, 4) is 0 Å². The summed E-state index contributed by atoms with van der Waals surface area (Å²) in [6.45, 7) is 3.83. The van der Waals surface area contributed by atoms with Crippen LogP contribution in [0.15, 0.2) is 0 Å². The summed E-state index contributed by atoms with van der Waals surface area (Å²) < 4.78 is 32.7. The normalized spacial score (nSPS) is 36.2. The van der Waals surface area contributed by atoms with E-state index < -0.39 is 21.3 Å². The number of rotatable bonds is 2. The quantitative estimate of drug-likeness (QED) is 0.427. The predicted molar refractivity (Wildman–Crippen MR) is 53.1 cm³/mol. The second kappa shape index (κ2) is 4.40. The van der Waals surface area contributed by atoms with Crippen molar-refractivity contribution in [1.82, 2.24) is 0 Å². The molecule has 0 N–H and O–H groups in total. The molecule has 0 aromatic heterocycles. The van der Waals surface area contributed by atoms with E-state index in [0.29, 0.717) is 12.8 Å². The SMILES string of the molecule is CC1(C)C2CC[C@@]1(CS(=O)(=O)[O-])C(=O)C2.[K+]. The van der Waals surface area contributed by atoms with Gasteiger partial charge < -0.3 is 4.55 Å². The van der Waals surface area contributed by atoms with E-state index in [1.807, 2.05) is 13.8 Å². The second-order valence-corrected chi connectivity index (χ2v) is 6.77. The van der Waals surface area contributed by atoms with Crippen molar-refractivity contribution in [2.24, 2.45) is 16.7 Å². The molecule has 2 rings (SSSR count). The van der Waals surface area contributed by atoms with E-state index in [-0.39, 0.29) is 68.5 Å². The minimum absolute atomic E-state index is 0. The first-order chi connectivity index (χ1) is 6.69. The van der Waals surface area contributed by atoms with Crippen LogP contribution in [0.2, 0.25) is 0 Å². The molecule has 2 atom stereocenters. The van der Waals surface area contributed by atoms with E-state index in [9.17, 15) is 17.8 Å². The first-order valence-electron chi connectivity index (χ1n) is 5.16. The molecule has 16 heavy (non-hydrogen) atoms. The summed E-state index contributed by atoms with van der Waals surface area (Å²) in [6.07, 6.45) is 1.88. The van der Waals surface area contributed by atoms with E-state index in [1.54, 1.807) is 0 Å². The molecule has 0 amide bonds. The summed E-state index contributed by atoms with van der Waals surface area (Å²) in [4.78, 5) is 11.8. The Hall–Kier alpha value is 1.22. The maximum atomic E-state index is 11.8. The first kappa shape index (κ1) is 15.3. The van der Waals surface area contributed by atoms with Crippen LogP contribution in [-0.4, -0.2) is 24.5 Å². The molecular formula is C10H15KO4S. The molecular weight excluding hydrogens is 255 g/mol. The van der Waals surface area contributed by atoms with Crippen LogP contribution in [0, 0.1) is 16.7 Å². The van der Waals surface area contributed by atoms with Gasteiger partial charge >= 0.3 is 51.4 Å². The Labute approximate surface area is 139 Å². The van der Waals surface area contributed by atoms with Gasteiger partial charge in [-0.1, -0.05) is 13.8 Å². The van der Waals surface area contributed by atoms with Crippen LogP contribution in [0.5, 0.6) is 0 Å². The minimum atomic E-state index is -4.33. The summed E-state index contributed by atoms with van der Waals surface area (Å²) in [5.41, 5.74) is -1.22. The van der Waals surface area contributed by atoms with E-state index in [4.69, 9.17) is 0 Å². The molecule has 0 aromatic carbocycles. The van der Waals surface area contributed by atoms with Gasteiger partial charge in [0.25, 0.3) is 0 Å². The van der Waals surface area contributed by atoms with E-state index in [2.05, 4.69) is 0 Å². The second-order valence-electron chi connectivity index (χ2n) is 5.37. The molecule has 0 saturated heterocycles. The fourth-order valence-corrected chi connectivity index (χ4v) is 4.69. The zero-order chi connectivity index (χ0) is 11.5. The van der Waals surface area contributed by atoms with Crippen LogP contribution >= 0.6 is 0 Å². The van der Waals surface area contributed by atoms with Gasteiger partial charge in [0.2, 0.25) is 0 Å². The van der Waals surface area contributed by atoms with Crippen LogP contribution < -0.4 is 51.4 Å². The number of carbonyl (C=O) groups is 1. The van der Waals surface area contributed by atoms with Gasteiger partial charge in [-0.15, -0.1) is 0 Å². The van der Waals surface area contributed by atoms with Crippen molar-refractivity contribution in [1.29, 1.82) is 0 Å². The van der Waals surface area contributed by atoms with Crippen molar-refractivity contribution >= 4 is 15.9 Å². The third-order valence-electron chi connectivity index (χ3n) is 4.56. The van der Waals surface area contributed by atoms with Gasteiger partial charge in [0.15, 0.2) is 0 Å². The zero-order valence-electron chi connectivity index (χ0n) is 9.95. The average Bonchev–Trinajstić information content (AvgIpc) is 2.34. The van der Waals surface area contributed by atoms with Gasteiger partial charge in [-0.05, 0) is 24.2 Å². The van der Waals surface area contributed by atoms with Crippen molar-refractivity contribution in [3.63, 3.8) is 0 Å². The van der Waals surface area contributed by atoms with Gasteiger partial charge in [0.1, 0.15) is 5.78 Å². The molecule has 2 aliphatic rings. The molecule has 2 saturated carbocycles. The minimum Gasteiger partial charge on any atom is -0.748 e. The molecule has 86 valence electrons. The Morgan fingerprint density at radius 1 is 1.44 bits per heavy atom. The number of hydrogen-bond acceptors (Lipinski definition) is 4. The molecule has 0 spiro atoms. The number of carbonyl (C=O) groups excluding carboxylic acids is 1. The molecule has 2 fully saturated rings. The molecule has 2 bridgehead atoms. The van der Waals surface area contributed by atoms with E-state index in [1.165, 1.54) is 0 Å². The Bertz CT molecular complexity index is 415. The Morgan fingerprint density at radius 2 is 2.00 bits per heavy atom. The van der Waals surface area contributed by atoms with Crippen LogP contribution in [0.25, 0.3) is 0 Å². The van der Waals surface area contributed by atoms with Crippen molar-refractivity contribution in [2.45, 2.75) is 33.1 Å². The van der Waals surface area contributed by atoms with Gasteiger partial charge in [-0.3, -0.25) is 4.79 Å². The largest absolute Gasteiger partial charge is 1.00 e. The third kappa shape index (κ3) is 2.11. The Morgan fingerprint density at radius 3 is 2.31 bits per heavy atom. The fourth-order valence-electron chi connectivity index (χ4n) is 3.41. The van der Waals surface area contributed by atoms with Gasteiger partial charge in [0, 0.05) is 11.8 Å². The van der Waals surface area contributed by atoms with Crippen molar-refractivity contribution in [2.75, 3.05) is 5.75 Å². The zero-order valence-corrected chi connectivity index (χ0v) is 13.9. The monoisotopic (exact) mass is 270 g/mol. The van der Waals surface area contributed by atoms with Crippen molar-refractivity contribution in [3.05, 3.63) is 0 Å². The molecule has 0 aliphatic heterocycles. The summed E-state index contributed by atoms with van der Waals surface area (Å²) in [5.74, 6) is -0.280. The number of ketones is 1. The maximum absolute atomic E-state index is 11.8. The van der Waals surface area contributed by atoms with E-state index in [0.717, 1.165) is 6.42 Å². The van der Waals surface area contributed by atoms with Crippen LogP contribution in [0.3, 0.4) is 0 Å². The topological polar surface area (TPSA) is 74.3 Å². The molecule has 4 nitrogen and oxygen atoms in total. The molecule has 0 radical (unpaired) electrons. The molecule has 6 heteroatoms. The summed E-state index contributed by atoms with van der Waals surface area (Å²) in [7, 11) is -4.33. The standard InChI is InChI=1S/C10H16O4S.K/c1-9(2)7-3-4-10(9,8(11)5-7)6-15(12,13)14;/h7H,3-6H2,1-2H3,(H,12,13,14);/q;+1/p-1/t7?,10-;/m1./s1. The average molecular weight is 270 g/mol. The predicted octanol–water partition coefficient (Wildman–Crippen LogP) is -2.07. The number of hydrogen-bond donors (Lipinski definition) is 0. The van der Waals surface area contributed by atoms with E-state index >= 15 is 0 Å². The van der Waals surface area contributed by atoms with Crippen LogP contribution in [0.1, 0.15) is 33.1 Å². The third-order valence-corrected chi connectivity index (χ3v) is 5.41. The maximum Gasteiger partial charge on any atom is 1.00 e. The van der Waals surface area contributed by atoms with Gasteiger partial charge in [-0.2, -0.15) is 0 Å². The molecule has 0 heterocycles. The van der Waals surface area contributed by atoms with Gasteiger partial charge in [0.05, 0.1) is 15.9 Å².